The number of rotatable bonds is 8. The topological polar surface area (TPSA) is 102 Å². The number of carbonyl (C=O) groups is 1. The number of nitrogens with one attached hydrogen (secondary N) is 1. The van der Waals surface area contributed by atoms with E-state index in [0.29, 0.717) is 54.8 Å². The molecule has 0 aliphatic carbocycles. The number of fused-ring (bicyclic) bond motifs is 1. The van der Waals surface area contributed by atoms with E-state index in [-0.39, 0.29) is 5.91 Å². The van der Waals surface area contributed by atoms with Crippen LogP contribution in [0.1, 0.15) is 0 Å². The third-order valence-electron chi connectivity index (χ3n) is 6.13. The summed E-state index contributed by atoms with van der Waals surface area (Å²) in [5.41, 5.74) is 1.48. The summed E-state index contributed by atoms with van der Waals surface area (Å²) < 4.78 is 25.6. The van der Waals surface area contributed by atoms with Crippen molar-refractivity contribution in [2.75, 3.05) is 57.1 Å². The van der Waals surface area contributed by atoms with Gasteiger partial charge in [0, 0.05) is 37.9 Å². The summed E-state index contributed by atoms with van der Waals surface area (Å²) in [5.74, 6) is 4.39. The van der Waals surface area contributed by atoms with Gasteiger partial charge in [0.2, 0.25) is 0 Å². The molecule has 1 saturated heterocycles. The molecule has 2 aromatic carbocycles. The minimum Gasteiger partial charge on any atom is -0.496 e. The van der Waals surface area contributed by atoms with Gasteiger partial charge in [-0.15, -0.1) is 6.42 Å². The van der Waals surface area contributed by atoms with Gasteiger partial charge < -0.3 is 33.3 Å². The first-order valence-corrected chi connectivity index (χ1v) is 13.3. The summed E-state index contributed by atoms with van der Waals surface area (Å²) in [6.45, 7) is 2.50. The van der Waals surface area contributed by atoms with Crippen LogP contribution in [0.4, 0.5) is 10.9 Å². The fraction of sp³-hybridized carbons (Fsp3) is 0.269. The zero-order valence-electron chi connectivity index (χ0n) is 21.0. The summed E-state index contributed by atoms with van der Waals surface area (Å²) in [6, 6.07) is 9.45. The Balaban J connectivity index is 1.37. The number of thiazole rings is 1. The maximum absolute atomic E-state index is 11.8. The predicted octanol–water partition coefficient (Wildman–Crippen LogP) is 4.38. The zero-order valence-corrected chi connectivity index (χ0v) is 22.6. The molecule has 10 nitrogen and oxygen atoms in total. The first-order chi connectivity index (χ1) is 18.6. The molecule has 0 saturated carbocycles. The van der Waals surface area contributed by atoms with E-state index in [1.54, 1.807) is 37.6 Å². The van der Waals surface area contributed by atoms with Crippen molar-refractivity contribution in [3.05, 3.63) is 36.5 Å². The van der Waals surface area contributed by atoms with E-state index < -0.39 is 0 Å². The van der Waals surface area contributed by atoms with E-state index in [9.17, 15) is 4.79 Å². The fourth-order valence-electron chi connectivity index (χ4n) is 4.16. The summed E-state index contributed by atoms with van der Waals surface area (Å²) in [7, 11) is 4.83. The van der Waals surface area contributed by atoms with E-state index in [4.69, 9.17) is 25.2 Å². The smallest absolute Gasteiger partial charge is 0.298 e. The number of hydrogen-bond acceptors (Lipinski definition) is 11. The summed E-state index contributed by atoms with van der Waals surface area (Å²) in [4.78, 5) is 22.0. The van der Waals surface area contributed by atoms with Crippen molar-refractivity contribution in [2.45, 2.75) is 4.90 Å². The Kier molecular flexibility index (Phi) is 7.48. The zero-order chi connectivity index (χ0) is 26.6. The molecule has 0 unspecified atom stereocenters. The van der Waals surface area contributed by atoms with Crippen molar-refractivity contribution in [3.63, 3.8) is 0 Å². The van der Waals surface area contributed by atoms with Gasteiger partial charge in [-0.3, -0.25) is 4.79 Å². The second-order valence-corrected chi connectivity index (χ2v) is 10.0. The van der Waals surface area contributed by atoms with Crippen molar-refractivity contribution in [3.8, 4) is 40.0 Å². The molecule has 2 aromatic heterocycles. The van der Waals surface area contributed by atoms with Crippen LogP contribution in [0, 0.1) is 12.3 Å². The number of carbonyl (C=O) groups excluding carboxylic acids is 1. The van der Waals surface area contributed by atoms with E-state index in [1.807, 2.05) is 36.5 Å². The van der Waals surface area contributed by atoms with Gasteiger partial charge in [0.1, 0.15) is 27.5 Å². The van der Waals surface area contributed by atoms with Crippen molar-refractivity contribution in [2.24, 2.45) is 0 Å². The lowest BCUT2D eigenvalue weighted by molar-refractivity contribution is -0.125. The Bertz CT molecular complexity index is 1480. The molecule has 0 atom stereocenters. The second-order valence-electron chi connectivity index (χ2n) is 8.21. The van der Waals surface area contributed by atoms with Gasteiger partial charge in [0.25, 0.3) is 5.91 Å². The number of hydrogen-bond donors (Lipinski definition) is 1. The number of ether oxygens (including phenoxy) is 3. The van der Waals surface area contributed by atoms with E-state index in [1.165, 1.54) is 11.9 Å². The van der Waals surface area contributed by atoms with Gasteiger partial charge in [-0.1, -0.05) is 22.6 Å². The minimum absolute atomic E-state index is 0.272. The maximum Gasteiger partial charge on any atom is 0.298 e. The van der Waals surface area contributed by atoms with Crippen LogP contribution in [-0.4, -0.2) is 68.5 Å². The van der Waals surface area contributed by atoms with Crippen molar-refractivity contribution < 1.29 is 23.5 Å². The van der Waals surface area contributed by atoms with Crippen molar-refractivity contribution in [1.29, 1.82) is 0 Å². The number of terminal acetylenes is 1. The second kappa shape index (κ2) is 11.1. The van der Waals surface area contributed by atoms with Crippen LogP contribution < -0.4 is 23.8 Å². The third-order valence-corrected chi connectivity index (χ3v) is 8.14. The average molecular weight is 552 g/mol. The highest BCUT2D eigenvalue weighted by Gasteiger charge is 2.23. The molecular weight excluding hydrogens is 526 g/mol. The molecule has 1 aliphatic heterocycles. The molecule has 0 bridgehead atoms. The number of anilines is 2. The lowest BCUT2D eigenvalue weighted by Gasteiger charge is -2.33. The standard InChI is InChI=1S/C26H25N5O5S2/c1-5-22(32)30-9-11-31(12-10-30)26-27-15-21(37-26)16-13-19(35-4)23-20(14-16)36-28-25(23)29-38-24-17(33-2)7-6-8-18(24)34-3/h1,6-8,13-15H,9-12H2,2-4H3,(H,28,29). The van der Waals surface area contributed by atoms with E-state index >= 15 is 0 Å². The molecule has 4 aromatic rings. The van der Waals surface area contributed by atoms with Gasteiger partial charge in [-0.05, 0) is 42.1 Å². The van der Waals surface area contributed by atoms with Crippen LogP contribution in [0.5, 0.6) is 17.2 Å². The number of methoxy groups -OCH3 is 3. The van der Waals surface area contributed by atoms with Gasteiger partial charge in [-0.25, -0.2) is 4.98 Å². The SMILES string of the molecule is C#CC(=O)N1CCN(c2ncc(-c3cc(OC)c4c(NSc5c(OC)cccc5OC)noc4c3)s2)CC1. The molecule has 38 heavy (non-hydrogen) atoms. The first kappa shape index (κ1) is 25.6. The molecule has 1 N–H and O–H groups in total. The largest absolute Gasteiger partial charge is 0.496 e. The Morgan fingerprint density at radius 2 is 1.82 bits per heavy atom. The van der Waals surface area contributed by atoms with Crippen LogP contribution >= 0.6 is 23.3 Å². The number of nitrogens with zero attached hydrogens (tertiary/aromatic N) is 4. The monoisotopic (exact) mass is 551 g/mol. The maximum atomic E-state index is 11.8. The Hall–Kier alpha value is -4.08. The molecule has 3 heterocycles. The van der Waals surface area contributed by atoms with E-state index in [2.05, 4.69) is 25.7 Å². The van der Waals surface area contributed by atoms with Gasteiger partial charge in [-0.2, -0.15) is 0 Å². The highest BCUT2D eigenvalue weighted by atomic mass is 32.2. The number of piperazine rings is 1. The van der Waals surface area contributed by atoms with Crippen LogP contribution in [0.15, 0.2) is 45.9 Å². The van der Waals surface area contributed by atoms with Crippen molar-refractivity contribution >= 4 is 51.1 Å². The van der Waals surface area contributed by atoms with Gasteiger partial charge in [0.05, 0.1) is 26.2 Å². The molecule has 0 spiro atoms. The highest BCUT2D eigenvalue weighted by molar-refractivity contribution is 8.00. The molecule has 1 fully saturated rings. The van der Waals surface area contributed by atoms with Crippen LogP contribution in [0.25, 0.3) is 21.4 Å². The summed E-state index contributed by atoms with van der Waals surface area (Å²) in [5, 5.41) is 5.84. The normalized spacial score (nSPS) is 13.3. The quantitative estimate of drug-likeness (QED) is 0.251. The molecule has 1 amide bonds. The van der Waals surface area contributed by atoms with Gasteiger partial charge in [0.15, 0.2) is 16.5 Å². The summed E-state index contributed by atoms with van der Waals surface area (Å²) >= 11 is 2.87. The predicted molar refractivity (Wildman–Crippen MR) is 148 cm³/mol. The van der Waals surface area contributed by atoms with Gasteiger partial charge >= 0.3 is 0 Å². The molecule has 1 aliphatic rings. The lowest BCUT2D eigenvalue weighted by atomic mass is 10.1. The molecule has 5 rings (SSSR count). The molecular formula is C26H25N5O5S2. The average Bonchev–Trinajstić information content (AvgIpc) is 3.63. The Morgan fingerprint density at radius 1 is 1.11 bits per heavy atom. The number of benzene rings is 2. The lowest BCUT2D eigenvalue weighted by Crippen LogP contribution is -2.48. The third kappa shape index (κ3) is 4.90. The number of amides is 1. The van der Waals surface area contributed by atoms with Crippen LogP contribution in [0.2, 0.25) is 0 Å². The van der Waals surface area contributed by atoms with Crippen LogP contribution in [-0.2, 0) is 4.79 Å². The van der Waals surface area contributed by atoms with Crippen molar-refractivity contribution in [1.82, 2.24) is 15.0 Å². The Labute approximate surface area is 228 Å². The molecule has 12 heteroatoms. The first-order valence-electron chi connectivity index (χ1n) is 11.6. The summed E-state index contributed by atoms with van der Waals surface area (Å²) in [6.07, 6.45) is 7.08. The number of aromatic nitrogens is 2. The van der Waals surface area contributed by atoms with Crippen LogP contribution in [0.3, 0.4) is 0 Å². The molecule has 0 radical (unpaired) electrons. The highest BCUT2D eigenvalue weighted by Crippen LogP contribution is 2.42. The van der Waals surface area contributed by atoms with E-state index in [0.717, 1.165) is 25.9 Å². The fourth-order valence-corrected chi connectivity index (χ4v) is 5.96. The Morgan fingerprint density at radius 3 is 2.47 bits per heavy atom. The minimum atomic E-state index is -0.272. The molecule has 196 valence electrons.